The number of nitrogens with zero attached hydrogens (tertiary/aromatic N) is 4. The Bertz CT molecular complexity index is 676. The smallest absolute Gasteiger partial charge is 0.253 e. The van der Waals surface area contributed by atoms with Gasteiger partial charge in [-0.15, -0.1) is 0 Å². The summed E-state index contributed by atoms with van der Waals surface area (Å²) in [6, 6.07) is 7.72. The van der Waals surface area contributed by atoms with E-state index in [4.69, 9.17) is 11.6 Å². The minimum Gasteiger partial charge on any atom is -0.378 e. The van der Waals surface area contributed by atoms with Crippen LogP contribution < -0.4 is 4.90 Å². The highest BCUT2D eigenvalue weighted by Gasteiger charge is 2.31. The first-order valence-corrected chi connectivity index (χ1v) is 7.65. The predicted molar refractivity (Wildman–Crippen MR) is 87.4 cm³/mol. The van der Waals surface area contributed by atoms with Gasteiger partial charge in [-0.2, -0.15) is 5.10 Å². The SMILES string of the molecule is CN(C)c1cccc(C(=O)N2CC(Cn3cc(Cl)cn3)C2)c1. The van der Waals surface area contributed by atoms with E-state index in [2.05, 4.69) is 5.10 Å². The number of halogens is 1. The predicted octanol–water partition coefficient (Wildman–Crippen LogP) is 2.37. The van der Waals surface area contributed by atoms with Crippen molar-refractivity contribution in [1.29, 1.82) is 0 Å². The molecule has 1 aromatic carbocycles. The van der Waals surface area contributed by atoms with Crippen LogP contribution in [0.5, 0.6) is 0 Å². The van der Waals surface area contributed by atoms with Crippen molar-refractivity contribution in [1.82, 2.24) is 14.7 Å². The van der Waals surface area contributed by atoms with Gasteiger partial charge < -0.3 is 9.80 Å². The average Bonchev–Trinajstić information content (AvgIpc) is 2.87. The van der Waals surface area contributed by atoms with Gasteiger partial charge in [0.2, 0.25) is 0 Å². The normalized spacial score (nSPS) is 14.8. The zero-order chi connectivity index (χ0) is 15.7. The minimum atomic E-state index is 0.0958. The van der Waals surface area contributed by atoms with Crippen LogP contribution in [-0.2, 0) is 6.54 Å². The lowest BCUT2D eigenvalue weighted by molar-refractivity contribution is 0.0461. The number of likely N-dealkylation sites (tertiary alicyclic amines) is 1. The van der Waals surface area contributed by atoms with Crippen molar-refractivity contribution in [3.8, 4) is 0 Å². The average molecular weight is 319 g/mol. The lowest BCUT2D eigenvalue weighted by Gasteiger charge is -2.39. The Kier molecular flexibility index (Phi) is 4.07. The fourth-order valence-electron chi connectivity index (χ4n) is 2.65. The van der Waals surface area contributed by atoms with Crippen LogP contribution in [0.3, 0.4) is 0 Å². The lowest BCUT2D eigenvalue weighted by atomic mass is 9.98. The summed E-state index contributed by atoms with van der Waals surface area (Å²) in [5, 5.41) is 4.82. The van der Waals surface area contributed by atoms with E-state index in [-0.39, 0.29) is 5.91 Å². The summed E-state index contributed by atoms with van der Waals surface area (Å²) in [6.07, 6.45) is 3.45. The van der Waals surface area contributed by atoms with Crippen molar-refractivity contribution in [2.75, 3.05) is 32.1 Å². The number of carbonyl (C=O) groups excluding carboxylic acids is 1. The molecule has 1 saturated heterocycles. The molecule has 1 amide bonds. The largest absolute Gasteiger partial charge is 0.378 e. The number of aromatic nitrogens is 2. The van der Waals surface area contributed by atoms with Gasteiger partial charge in [0, 0.05) is 57.1 Å². The zero-order valence-corrected chi connectivity index (χ0v) is 13.5. The first-order valence-electron chi connectivity index (χ1n) is 7.27. The van der Waals surface area contributed by atoms with Gasteiger partial charge in [0.25, 0.3) is 5.91 Å². The zero-order valence-electron chi connectivity index (χ0n) is 12.7. The van der Waals surface area contributed by atoms with Crippen LogP contribution >= 0.6 is 11.6 Å². The Labute approximate surface area is 135 Å². The van der Waals surface area contributed by atoms with Crippen LogP contribution in [0.15, 0.2) is 36.7 Å². The molecule has 0 bridgehead atoms. The Hall–Kier alpha value is -2.01. The minimum absolute atomic E-state index is 0.0958. The molecule has 2 heterocycles. The van der Waals surface area contributed by atoms with Gasteiger partial charge in [0.1, 0.15) is 0 Å². The maximum Gasteiger partial charge on any atom is 0.253 e. The van der Waals surface area contributed by atoms with Crippen molar-refractivity contribution < 1.29 is 4.79 Å². The molecule has 0 aliphatic carbocycles. The van der Waals surface area contributed by atoms with Crippen molar-refractivity contribution in [2.45, 2.75) is 6.54 Å². The van der Waals surface area contributed by atoms with Gasteiger partial charge in [-0.05, 0) is 18.2 Å². The third-order valence-electron chi connectivity index (χ3n) is 3.90. The quantitative estimate of drug-likeness (QED) is 0.869. The van der Waals surface area contributed by atoms with E-state index >= 15 is 0 Å². The van der Waals surface area contributed by atoms with Crippen LogP contribution in [0.25, 0.3) is 0 Å². The summed E-state index contributed by atoms with van der Waals surface area (Å²) >= 11 is 5.85. The van der Waals surface area contributed by atoms with E-state index in [9.17, 15) is 4.79 Å². The van der Waals surface area contributed by atoms with E-state index in [0.717, 1.165) is 30.9 Å². The fourth-order valence-corrected chi connectivity index (χ4v) is 2.81. The van der Waals surface area contributed by atoms with E-state index in [1.165, 1.54) is 0 Å². The molecule has 0 saturated carbocycles. The first-order chi connectivity index (χ1) is 10.5. The summed E-state index contributed by atoms with van der Waals surface area (Å²) in [5.41, 5.74) is 1.78. The summed E-state index contributed by atoms with van der Waals surface area (Å²) in [6.45, 7) is 2.33. The number of rotatable bonds is 4. The Morgan fingerprint density at radius 2 is 2.18 bits per heavy atom. The molecule has 22 heavy (non-hydrogen) atoms. The summed E-state index contributed by atoms with van der Waals surface area (Å²) in [4.78, 5) is 16.3. The molecule has 1 fully saturated rings. The number of carbonyl (C=O) groups is 1. The van der Waals surface area contributed by atoms with E-state index in [0.29, 0.717) is 10.9 Å². The number of hydrogen-bond acceptors (Lipinski definition) is 3. The molecule has 116 valence electrons. The molecular weight excluding hydrogens is 300 g/mol. The number of hydrogen-bond donors (Lipinski definition) is 0. The molecule has 5 nitrogen and oxygen atoms in total. The number of benzene rings is 1. The maximum absolute atomic E-state index is 12.5. The van der Waals surface area contributed by atoms with Crippen LogP contribution in [0, 0.1) is 5.92 Å². The highest BCUT2D eigenvalue weighted by atomic mass is 35.5. The Morgan fingerprint density at radius 1 is 1.41 bits per heavy atom. The molecule has 0 unspecified atom stereocenters. The Morgan fingerprint density at radius 3 is 2.82 bits per heavy atom. The van der Waals surface area contributed by atoms with Gasteiger partial charge in [0.05, 0.1) is 11.2 Å². The molecule has 0 spiro atoms. The topological polar surface area (TPSA) is 41.4 Å². The molecule has 6 heteroatoms. The van der Waals surface area contributed by atoms with Crippen LogP contribution in [-0.4, -0.2) is 47.8 Å². The van der Waals surface area contributed by atoms with Crippen molar-refractivity contribution in [3.63, 3.8) is 0 Å². The highest BCUT2D eigenvalue weighted by Crippen LogP contribution is 2.22. The first kappa shape index (κ1) is 14.9. The second-order valence-electron chi connectivity index (χ2n) is 5.90. The lowest BCUT2D eigenvalue weighted by Crippen LogP contribution is -2.51. The number of anilines is 1. The van der Waals surface area contributed by atoms with Gasteiger partial charge in [-0.1, -0.05) is 17.7 Å². The molecular formula is C16H19ClN4O. The second-order valence-corrected chi connectivity index (χ2v) is 6.34. The summed E-state index contributed by atoms with van der Waals surface area (Å²) in [7, 11) is 3.94. The molecule has 0 radical (unpaired) electrons. The van der Waals surface area contributed by atoms with Gasteiger partial charge in [0.15, 0.2) is 0 Å². The van der Waals surface area contributed by atoms with Gasteiger partial charge in [-0.25, -0.2) is 0 Å². The molecule has 1 aliphatic rings. The third kappa shape index (κ3) is 3.09. The summed E-state index contributed by atoms with van der Waals surface area (Å²) < 4.78 is 1.83. The molecule has 1 aliphatic heterocycles. The monoisotopic (exact) mass is 318 g/mol. The maximum atomic E-state index is 12.5. The molecule has 0 atom stereocenters. The highest BCUT2D eigenvalue weighted by molar-refractivity contribution is 6.30. The van der Waals surface area contributed by atoms with Crippen molar-refractivity contribution in [3.05, 3.63) is 47.2 Å². The third-order valence-corrected chi connectivity index (χ3v) is 4.10. The second kappa shape index (κ2) is 6.01. The van der Waals surface area contributed by atoms with Crippen LogP contribution in [0.2, 0.25) is 5.02 Å². The fraction of sp³-hybridized carbons (Fsp3) is 0.375. The van der Waals surface area contributed by atoms with Gasteiger partial charge in [-0.3, -0.25) is 9.48 Å². The molecule has 0 N–H and O–H groups in total. The van der Waals surface area contributed by atoms with E-state index < -0.39 is 0 Å². The molecule has 2 aromatic rings. The Balaban J connectivity index is 1.58. The van der Waals surface area contributed by atoms with Crippen LogP contribution in [0.1, 0.15) is 10.4 Å². The van der Waals surface area contributed by atoms with Crippen molar-refractivity contribution >= 4 is 23.2 Å². The van der Waals surface area contributed by atoms with E-state index in [1.54, 1.807) is 6.20 Å². The van der Waals surface area contributed by atoms with Gasteiger partial charge >= 0.3 is 0 Å². The van der Waals surface area contributed by atoms with Crippen molar-refractivity contribution in [2.24, 2.45) is 5.92 Å². The molecule has 3 rings (SSSR count). The standard InChI is InChI=1S/C16H19ClN4O/c1-19(2)15-5-3-4-13(6-15)16(22)20-8-12(9-20)10-21-11-14(17)7-18-21/h3-7,11-12H,8-10H2,1-2H3. The number of amides is 1. The van der Waals surface area contributed by atoms with E-state index in [1.807, 2.05) is 59.0 Å². The molecule has 1 aromatic heterocycles. The van der Waals surface area contributed by atoms with Crippen LogP contribution in [0.4, 0.5) is 5.69 Å². The summed E-state index contributed by atoms with van der Waals surface area (Å²) in [5.74, 6) is 0.537.